The van der Waals surface area contributed by atoms with E-state index >= 15 is 0 Å². The minimum absolute atomic E-state index is 0.0138. The number of hydrogen-bond acceptors (Lipinski definition) is 3. The van der Waals surface area contributed by atoms with Gasteiger partial charge in [-0.1, -0.05) is 38.0 Å². The molecule has 0 heterocycles. The van der Waals surface area contributed by atoms with Gasteiger partial charge in [0.15, 0.2) is 0 Å². The Labute approximate surface area is 116 Å². The highest BCUT2D eigenvalue weighted by Crippen LogP contribution is 2.13. The number of amides is 1. The normalized spacial score (nSPS) is 10.7. The Morgan fingerprint density at radius 2 is 2.05 bits per heavy atom. The molecule has 19 heavy (non-hydrogen) atoms. The van der Waals surface area contributed by atoms with E-state index in [1.54, 1.807) is 0 Å². The van der Waals surface area contributed by atoms with Crippen LogP contribution in [0.4, 0.5) is 5.69 Å². The van der Waals surface area contributed by atoms with Crippen molar-refractivity contribution in [3.8, 4) is 0 Å². The first-order chi connectivity index (χ1) is 9.17. The lowest BCUT2D eigenvalue weighted by molar-refractivity contribution is -0.117. The van der Waals surface area contributed by atoms with E-state index in [9.17, 15) is 4.79 Å². The average Bonchev–Trinajstić information content (AvgIpc) is 2.39. The van der Waals surface area contributed by atoms with Crippen LogP contribution in [-0.4, -0.2) is 30.9 Å². The predicted molar refractivity (Wildman–Crippen MR) is 80.0 cm³/mol. The topological polar surface area (TPSA) is 58.4 Å². The highest BCUT2D eigenvalue weighted by Gasteiger charge is 2.08. The molecule has 4 nitrogen and oxygen atoms in total. The van der Waals surface area contributed by atoms with Gasteiger partial charge in [-0.3, -0.25) is 9.69 Å². The summed E-state index contributed by atoms with van der Waals surface area (Å²) in [5.74, 6) is 0.0138. The van der Waals surface area contributed by atoms with Gasteiger partial charge < -0.3 is 11.1 Å². The van der Waals surface area contributed by atoms with Crippen LogP contribution in [0.25, 0.3) is 0 Å². The summed E-state index contributed by atoms with van der Waals surface area (Å²) in [6, 6.07) is 7.65. The molecule has 0 radical (unpaired) electrons. The Kier molecular flexibility index (Phi) is 7.15. The third-order valence-corrected chi connectivity index (χ3v) is 3.07. The fraction of sp³-hybridized carbons (Fsp3) is 0.533. The summed E-state index contributed by atoms with van der Waals surface area (Å²) in [7, 11) is 1.98. The van der Waals surface area contributed by atoms with Crippen LogP contribution in [0.5, 0.6) is 0 Å². The van der Waals surface area contributed by atoms with Crippen molar-refractivity contribution in [2.45, 2.75) is 32.7 Å². The van der Waals surface area contributed by atoms with Gasteiger partial charge in [0.05, 0.1) is 6.54 Å². The van der Waals surface area contributed by atoms with E-state index in [1.165, 1.54) is 12.8 Å². The van der Waals surface area contributed by atoms with E-state index in [4.69, 9.17) is 5.73 Å². The number of para-hydroxylation sites is 1. The zero-order valence-corrected chi connectivity index (χ0v) is 12.0. The molecule has 1 aromatic rings. The number of benzene rings is 1. The van der Waals surface area contributed by atoms with Gasteiger partial charge in [0.1, 0.15) is 0 Å². The summed E-state index contributed by atoms with van der Waals surface area (Å²) >= 11 is 0. The van der Waals surface area contributed by atoms with E-state index in [2.05, 4.69) is 17.1 Å². The van der Waals surface area contributed by atoms with Gasteiger partial charge in [0.2, 0.25) is 5.91 Å². The molecule has 0 aliphatic heterocycles. The lowest BCUT2D eigenvalue weighted by Crippen LogP contribution is -2.31. The van der Waals surface area contributed by atoms with E-state index < -0.39 is 0 Å². The maximum atomic E-state index is 11.9. The van der Waals surface area contributed by atoms with Crippen LogP contribution in [-0.2, 0) is 11.3 Å². The van der Waals surface area contributed by atoms with Crippen molar-refractivity contribution in [3.05, 3.63) is 29.8 Å². The number of nitrogens with one attached hydrogen (secondary N) is 1. The van der Waals surface area contributed by atoms with E-state index in [0.29, 0.717) is 13.1 Å². The molecule has 1 aromatic carbocycles. The van der Waals surface area contributed by atoms with Crippen LogP contribution in [0.15, 0.2) is 24.3 Å². The third kappa shape index (κ3) is 5.85. The third-order valence-electron chi connectivity index (χ3n) is 3.07. The molecule has 0 aromatic heterocycles. The van der Waals surface area contributed by atoms with Crippen molar-refractivity contribution in [1.82, 2.24) is 4.90 Å². The number of carbonyl (C=O) groups is 1. The molecule has 0 spiro atoms. The quantitative estimate of drug-likeness (QED) is 0.707. The minimum Gasteiger partial charge on any atom is -0.326 e. The molecule has 1 rings (SSSR count). The molecule has 0 unspecified atom stereocenters. The molecule has 0 fully saturated rings. The lowest BCUT2D eigenvalue weighted by Gasteiger charge is -2.16. The fourth-order valence-corrected chi connectivity index (χ4v) is 1.97. The van der Waals surface area contributed by atoms with E-state index in [1.807, 2.05) is 31.3 Å². The molecule has 106 valence electrons. The summed E-state index contributed by atoms with van der Waals surface area (Å²) in [5.41, 5.74) is 7.43. The van der Waals surface area contributed by atoms with Crippen molar-refractivity contribution < 1.29 is 4.79 Å². The van der Waals surface area contributed by atoms with Crippen molar-refractivity contribution >= 4 is 11.6 Å². The average molecular weight is 263 g/mol. The molecule has 0 saturated carbocycles. The second kappa shape index (κ2) is 8.67. The summed E-state index contributed by atoms with van der Waals surface area (Å²) in [6.45, 7) is 3.99. The van der Waals surface area contributed by atoms with Crippen molar-refractivity contribution in [3.63, 3.8) is 0 Å². The molecule has 0 saturated heterocycles. The van der Waals surface area contributed by atoms with Crippen molar-refractivity contribution in [1.29, 1.82) is 0 Å². The molecule has 0 aliphatic carbocycles. The van der Waals surface area contributed by atoms with Crippen molar-refractivity contribution in [2.24, 2.45) is 5.73 Å². The Bertz CT molecular complexity index is 393. The summed E-state index contributed by atoms with van der Waals surface area (Å²) in [4.78, 5) is 14.0. The first-order valence-corrected chi connectivity index (χ1v) is 6.93. The molecule has 0 aliphatic rings. The lowest BCUT2D eigenvalue weighted by atomic mass is 10.2. The molecular formula is C15H25N3O. The molecule has 3 N–H and O–H groups in total. The van der Waals surface area contributed by atoms with Gasteiger partial charge >= 0.3 is 0 Å². The predicted octanol–water partition coefficient (Wildman–Crippen LogP) is 2.21. The molecule has 1 amide bonds. The van der Waals surface area contributed by atoms with Crippen LogP contribution in [0.1, 0.15) is 31.7 Å². The molecule has 4 heteroatoms. The summed E-state index contributed by atoms with van der Waals surface area (Å²) < 4.78 is 0. The number of nitrogens with two attached hydrogens (primary N) is 1. The van der Waals surface area contributed by atoms with Gasteiger partial charge in [-0.25, -0.2) is 0 Å². The van der Waals surface area contributed by atoms with Crippen molar-refractivity contribution in [2.75, 3.05) is 25.5 Å². The van der Waals surface area contributed by atoms with Crippen LogP contribution in [0, 0.1) is 0 Å². The maximum Gasteiger partial charge on any atom is 0.238 e. The summed E-state index contributed by atoms with van der Waals surface area (Å²) in [6.07, 6.45) is 3.55. The number of unbranched alkanes of at least 4 members (excludes halogenated alkanes) is 2. The van der Waals surface area contributed by atoms with E-state index in [0.717, 1.165) is 24.2 Å². The van der Waals surface area contributed by atoms with Crippen LogP contribution in [0.3, 0.4) is 0 Å². The largest absolute Gasteiger partial charge is 0.326 e. The van der Waals surface area contributed by atoms with Gasteiger partial charge in [0.25, 0.3) is 0 Å². The van der Waals surface area contributed by atoms with Crippen LogP contribution in [0.2, 0.25) is 0 Å². The zero-order valence-electron chi connectivity index (χ0n) is 12.0. The summed E-state index contributed by atoms with van der Waals surface area (Å²) in [5, 5.41) is 2.92. The highest BCUT2D eigenvalue weighted by molar-refractivity contribution is 5.92. The molecular weight excluding hydrogens is 238 g/mol. The second-order valence-corrected chi connectivity index (χ2v) is 4.85. The number of carbonyl (C=O) groups excluding carboxylic acids is 1. The Morgan fingerprint density at radius 1 is 1.32 bits per heavy atom. The molecule has 0 atom stereocenters. The van der Waals surface area contributed by atoms with Crippen LogP contribution < -0.4 is 11.1 Å². The van der Waals surface area contributed by atoms with E-state index in [-0.39, 0.29) is 5.91 Å². The second-order valence-electron chi connectivity index (χ2n) is 4.85. The van der Waals surface area contributed by atoms with Gasteiger partial charge in [-0.2, -0.15) is 0 Å². The minimum atomic E-state index is 0.0138. The molecule has 0 bridgehead atoms. The zero-order chi connectivity index (χ0) is 14.1. The number of anilines is 1. The smallest absolute Gasteiger partial charge is 0.238 e. The van der Waals surface area contributed by atoms with Crippen LogP contribution >= 0.6 is 0 Å². The van der Waals surface area contributed by atoms with Gasteiger partial charge in [-0.05, 0) is 31.6 Å². The SMILES string of the molecule is CCCCCN(C)CC(=O)Nc1ccccc1CN. The fourth-order valence-electron chi connectivity index (χ4n) is 1.97. The first kappa shape index (κ1) is 15.7. The maximum absolute atomic E-state index is 11.9. The first-order valence-electron chi connectivity index (χ1n) is 6.93. The standard InChI is InChI=1S/C15H25N3O/c1-3-4-7-10-18(2)12-15(19)17-14-9-6-5-8-13(14)11-16/h5-6,8-9H,3-4,7,10-12,16H2,1-2H3,(H,17,19). The van der Waals surface area contributed by atoms with Gasteiger partial charge in [-0.15, -0.1) is 0 Å². The number of likely N-dealkylation sites (N-methyl/N-ethyl adjacent to an activating group) is 1. The number of nitrogens with zero attached hydrogens (tertiary/aromatic N) is 1. The highest BCUT2D eigenvalue weighted by atomic mass is 16.2. The Hall–Kier alpha value is -1.39. The van der Waals surface area contributed by atoms with Gasteiger partial charge in [0, 0.05) is 12.2 Å². The monoisotopic (exact) mass is 263 g/mol. The Balaban J connectivity index is 2.42. The number of hydrogen-bond donors (Lipinski definition) is 2. The number of rotatable bonds is 8. The Morgan fingerprint density at radius 3 is 2.74 bits per heavy atom.